The fourth-order valence-electron chi connectivity index (χ4n) is 3.44. The Bertz CT molecular complexity index is 756. The quantitative estimate of drug-likeness (QED) is 0.804. The summed E-state index contributed by atoms with van der Waals surface area (Å²) < 4.78 is 0. The van der Waals surface area contributed by atoms with Crippen LogP contribution in [0.5, 0.6) is 0 Å². The molecule has 0 bridgehead atoms. The molecule has 1 atom stereocenters. The summed E-state index contributed by atoms with van der Waals surface area (Å²) in [6, 6.07) is 4.63. The van der Waals surface area contributed by atoms with Crippen molar-refractivity contribution in [3.05, 3.63) is 28.2 Å². The summed E-state index contributed by atoms with van der Waals surface area (Å²) in [7, 11) is 0. The molecule has 3 amide bonds. The third kappa shape index (κ3) is 4.89. The van der Waals surface area contributed by atoms with E-state index in [0.717, 1.165) is 5.69 Å². The van der Waals surface area contributed by atoms with Crippen LogP contribution >= 0.6 is 23.2 Å². The van der Waals surface area contributed by atoms with Crippen LogP contribution in [0.4, 0.5) is 10.5 Å². The lowest BCUT2D eigenvalue weighted by Crippen LogP contribution is -2.56. The molecular weight excluding hydrogens is 403 g/mol. The van der Waals surface area contributed by atoms with Crippen molar-refractivity contribution < 1.29 is 14.4 Å². The van der Waals surface area contributed by atoms with Crippen LogP contribution in [0.15, 0.2) is 18.2 Å². The maximum absolute atomic E-state index is 12.5. The Morgan fingerprint density at radius 1 is 0.964 bits per heavy atom. The molecule has 0 saturated carbocycles. The van der Waals surface area contributed by atoms with Crippen LogP contribution in [0.25, 0.3) is 0 Å². The number of rotatable bonds is 3. The maximum atomic E-state index is 12.5. The minimum absolute atomic E-state index is 0.143. The highest BCUT2D eigenvalue weighted by Crippen LogP contribution is 2.27. The molecule has 0 aromatic heterocycles. The molecule has 0 aliphatic carbocycles. The van der Waals surface area contributed by atoms with Crippen LogP contribution < -0.4 is 10.2 Å². The summed E-state index contributed by atoms with van der Waals surface area (Å²) in [5, 5.41) is 3.80. The minimum atomic E-state index is -0.617. The van der Waals surface area contributed by atoms with E-state index in [-0.39, 0.29) is 17.7 Å². The standard InChI is InChI=1S/C19H24Cl2N4O3/c1-13(18(27)24-6-4-15(26)5-7-24)22-19(28)25-10-8-23(9-11-25)14-2-3-16(20)17(21)12-14/h2-3,12-13H,4-11H2,1H3,(H,22,28)/t13-/m0/s1. The van der Waals surface area contributed by atoms with Gasteiger partial charge in [-0.25, -0.2) is 4.79 Å². The Hall–Kier alpha value is -1.99. The number of benzene rings is 1. The van der Waals surface area contributed by atoms with Gasteiger partial charge in [0.2, 0.25) is 5.91 Å². The SMILES string of the molecule is C[C@H](NC(=O)N1CCN(c2ccc(Cl)c(Cl)c2)CC1)C(=O)N1CCC(=O)CC1. The van der Waals surface area contributed by atoms with Gasteiger partial charge in [0.25, 0.3) is 0 Å². The molecule has 1 aromatic carbocycles. The molecule has 28 heavy (non-hydrogen) atoms. The molecule has 2 aliphatic heterocycles. The van der Waals surface area contributed by atoms with Gasteiger partial charge in [-0.1, -0.05) is 23.2 Å². The van der Waals surface area contributed by atoms with Crippen molar-refractivity contribution in [1.29, 1.82) is 0 Å². The van der Waals surface area contributed by atoms with Crippen molar-refractivity contribution in [2.75, 3.05) is 44.2 Å². The summed E-state index contributed by atoms with van der Waals surface area (Å²) in [6.07, 6.45) is 0.784. The summed E-state index contributed by atoms with van der Waals surface area (Å²) in [6.45, 7) is 4.98. The highest BCUT2D eigenvalue weighted by molar-refractivity contribution is 6.42. The summed E-state index contributed by atoms with van der Waals surface area (Å²) in [5.74, 6) is 0.0378. The number of hydrogen-bond acceptors (Lipinski definition) is 4. The van der Waals surface area contributed by atoms with Gasteiger partial charge in [-0.05, 0) is 25.1 Å². The number of piperidine rings is 1. The van der Waals surface area contributed by atoms with Gasteiger partial charge in [-0.3, -0.25) is 9.59 Å². The first-order valence-corrected chi connectivity index (χ1v) is 10.2. The third-order valence-corrected chi connectivity index (χ3v) is 5.92. The molecule has 0 unspecified atom stereocenters. The van der Waals surface area contributed by atoms with Crippen LogP contribution in [-0.4, -0.2) is 72.8 Å². The topological polar surface area (TPSA) is 73.0 Å². The molecular formula is C19H24Cl2N4O3. The number of ketones is 1. The summed E-state index contributed by atoms with van der Waals surface area (Å²) in [5.41, 5.74) is 0.970. The van der Waals surface area contributed by atoms with Crippen LogP contribution in [0.1, 0.15) is 19.8 Å². The van der Waals surface area contributed by atoms with E-state index in [4.69, 9.17) is 23.2 Å². The van der Waals surface area contributed by atoms with Gasteiger partial charge >= 0.3 is 6.03 Å². The fraction of sp³-hybridized carbons (Fsp3) is 0.526. The van der Waals surface area contributed by atoms with Crippen LogP contribution in [0.3, 0.4) is 0 Å². The minimum Gasteiger partial charge on any atom is -0.368 e. The Balaban J connectivity index is 1.48. The maximum Gasteiger partial charge on any atom is 0.318 e. The number of carbonyl (C=O) groups excluding carboxylic acids is 3. The highest BCUT2D eigenvalue weighted by Gasteiger charge is 2.28. The lowest BCUT2D eigenvalue weighted by Gasteiger charge is -2.37. The molecule has 2 saturated heterocycles. The number of carbonyl (C=O) groups is 3. The molecule has 0 radical (unpaired) electrons. The van der Waals surface area contributed by atoms with E-state index in [0.29, 0.717) is 62.2 Å². The van der Waals surface area contributed by atoms with E-state index in [2.05, 4.69) is 10.2 Å². The van der Waals surface area contributed by atoms with Gasteiger partial charge in [0.1, 0.15) is 11.8 Å². The zero-order chi connectivity index (χ0) is 20.3. The molecule has 2 heterocycles. The molecule has 0 spiro atoms. The largest absolute Gasteiger partial charge is 0.368 e. The first kappa shape index (κ1) is 20.7. The molecule has 1 aromatic rings. The molecule has 1 N–H and O–H groups in total. The van der Waals surface area contributed by atoms with Crippen LogP contribution in [-0.2, 0) is 9.59 Å². The van der Waals surface area contributed by atoms with Gasteiger partial charge in [0.15, 0.2) is 0 Å². The van der Waals surface area contributed by atoms with Crippen molar-refractivity contribution in [2.45, 2.75) is 25.8 Å². The van der Waals surface area contributed by atoms with E-state index in [1.807, 2.05) is 12.1 Å². The molecule has 2 fully saturated rings. The first-order chi connectivity index (χ1) is 13.3. The monoisotopic (exact) mass is 426 g/mol. The zero-order valence-electron chi connectivity index (χ0n) is 15.8. The lowest BCUT2D eigenvalue weighted by atomic mass is 10.1. The molecule has 7 nitrogen and oxygen atoms in total. The van der Waals surface area contributed by atoms with Crippen molar-refractivity contribution in [2.24, 2.45) is 0 Å². The summed E-state index contributed by atoms with van der Waals surface area (Å²) in [4.78, 5) is 41.8. The van der Waals surface area contributed by atoms with Crippen molar-refractivity contribution in [3.63, 3.8) is 0 Å². The second kappa shape index (κ2) is 9.01. The number of piperazine rings is 1. The van der Waals surface area contributed by atoms with Crippen LogP contribution in [0.2, 0.25) is 10.0 Å². The van der Waals surface area contributed by atoms with Gasteiger partial charge in [-0.2, -0.15) is 0 Å². The van der Waals surface area contributed by atoms with E-state index in [9.17, 15) is 14.4 Å². The number of nitrogens with one attached hydrogen (secondary N) is 1. The Morgan fingerprint density at radius 2 is 1.61 bits per heavy atom. The Kier molecular flexibility index (Phi) is 6.67. The number of nitrogens with zero attached hydrogens (tertiary/aromatic N) is 3. The summed E-state index contributed by atoms with van der Waals surface area (Å²) >= 11 is 12.0. The average Bonchev–Trinajstić information content (AvgIpc) is 2.70. The normalized spacial score (nSPS) is 18.8. The van der Waals surface area contributed by atoms with Gasteiger partial charge < -0.3 is 20.0 Å². The van der Waals surface area contributed by atoms with E-state index < -0.39 is 6.04 Å². The van der Waals surface area contributed by atoms with Crippen molar-refractivity contribution >= 4 is 46.6 Å². The Morgan fingerprint density at radius 3 is 2.21 bits per heavy atom. The smallest absolute Gasteiger partial charge is 0.318 e. The predicted molar refractivity (Wildman–Crippen MR) is 109 cm³/mol. The molecule has 3 rings (SSSR count). The highest BCUT2D eigenvalue weighted by atomic mass is 35.5. The Labute approximate surface area is 174 Å². The van der Waals surface area contributed by atoms with Gasteiger partial charge in [-0.15, -0.1) is 0 Å². The number of amides is 3. The number of Topliss-reactive ketones (excluding diaryl/α,β-unsaturated/α-hetero) is 1. The number of likely N-dealkylation sites (tertiary alicyclic amines) is 1. The predicted octanol–water partition coefficient (Wildman–Crippen LogP) is 2.41. The van der Waals surface area contributed by atoms with E-state index >= 15 is 0 Å². The fourth-order valence-corrected chi connectivity index (χ4v) is 3.73. The van der Waals surface area contributed by atoms with E-state index in [1.54, 1.807) is 22.8 Å². The second-order valence-corrected chi connectivity index (χ2v) is 7.92. The van der Waals surface area contributed by atoms with Crippen molar-refractivity contribution in [3.8, 4) is 0 Å². The first-order valence-electron chi connectivity index (χ1n) is 9.41. The molecule has 2 aliphatic rings. The number of halogens is 2. The van der Waals surface area contributed by atoms with Crippen molar-refractivity contribution in [1.82, 2.24) is 15.1 Å². The van der Waals surface area contributed by atoms with Gasteiger partial charge in [0, 0.05) is 57.8 Å². The number of anilines is 1. The van der Waals surface area contributed by atoms with Crippen LogP contribution in [0, 0.1) is 0 Å². The number of urea groups is 1. The third-order valence-electron chi connectivity index (χ3n) is 5.18. The van der Waals surface area contributed by atoms with Gasteiger partial charge in [0.05, 0.1) is 10.0 Å². The number of hydrogen-bond donors (Lipinski definition) is 1. The lowest BCUT2D eigenvalue weighted by molar-refractivity contribution is -0.135. The molecule has 9 heteroatoms. The van der Waals surface area contributed by atoms with E-state index in [1.165, 1.54) is 0 Å². The average molecular weight is 427 g/mol. The molecule has 152 valence electrons. The zero-order valence-corrected chi connectivity index (χ0v) is 17.3. The second-order valence-electron chi connectivity index (χ2n) is 7.11.